The van der Waals surface area contributed by atoms with Gasteiger partial charge in [0.25, 0.3) is 0 Å². The topological polar surface area (TPSA) is 0 Å². The van der Waals surface area contributed by atoms with Gasteiger partial charge in [-0.1, -0.05) is 27.7 Å². The fourth-order valence-corrected chi connectivity index (χ4v) is 5.01. The summed E-state index contributed by atoms with van der Waals surface area (Å²) in [6.45, 7) is 8.61. The molecule has 2 aromatic heterocycles. The van der Waals surface area contributed by atoms with Crippen LogP contribution in [-0.4, -0.2) is 0 Å². The maximum atomic E-state index is 14.7. The van der Waals surface area contributed by atoms with Gasteiger partial charge in [0, 0.05) is 20.9 Å². The highest BCUT2D eigenvalue weighted by molar-refractivity contribution is 7.14. The Morgan fingerprint density at radius 3 is 1.42 bits per heavy atom. The molecule has 4 heteroatoms. The van der Waals surface area contributed by atoms with Crippen molar-refractivity contribution in [3.8, 4) is 20.9 Å². The van der Waals surface area contributed by atoms with Gasteiger partial charge in [-0.05, 0) is 70.8 Å². The fourth-order valence-electron chi connectivity index (χ4n) is 3.12. The van der Waals surface area contributed by atoms with Gasteiger partial charge < -0.3 is 0 Å². The molecule has 0 aliphatic heterocycles. The minimum absolute atomic E-state index is 0.352. The number of thiophene rings is 2. The van der Waals surface area contributed by atoms with E-state index in [-0.39, 0.29) is 11.6 Å². The van der Waals surface area contributed by atoms with Crippen LogP contribution < -0.4 is 0 Å². The standard InChI is InChI=1S/C22H24F2S2/c1-13(2)5-15-7-21(25-11-15)17-9-20(24)18(10-19(17)23)22-8-16(12-26-22)6-14(3)4/h7-14H,5-6H2,1-4H3. The summed E-state index contributed by atoms with van der Waals surface area (Å²) in [5.74, 6) is 0.358. The average Bonchev–Trinajstić information content (AvgIpc) is 3.17. The van der Waals surface area contributed by atoms with Crippen LogP contribution in [0.3, 0.4) is 0 Å². The number of hydrogen-bond acceptors (Lipinski definition) is 2. The van der Waals surface area contributed by atoms with E-state index in [2.05, 4.69) is 27.7 Å². The van der Waals surface area contributed by atoms with Crippen LogP contribution in [0.1, 0.15) is 38.8 Å². The van der Waals surface area contributed by atoms with Crippen LogP contribution in [0, 0.1) is 23.5 Å². The predicted octanol–water partition coefficient (Wildman–Crippen LogP) is 7.82. The number of rotatable bonds is 6. The van der Waals surface area contributed by atoms with Gasteiger partial charge in [0.15, 0.2) is 0 Å². The molecule has 0 unspecified atom stereocenters. The first-order valence-electron chi connectivity index (χ1n) is 8.98. The molecule has 0 spiro atoms. The Labute approximate surface area is 162 Å². The van der Waals surface area contributed by atoms with Crippen molar-refractivity contribution in [1.82, 2.24) is 0 Å². The van der Waals surface area contributed by atoms with Gasteiger partial charge in [0.2, 0.25) is 0 Å². The summed E-state index contributed by atoms with van der Waals surface area (Å²) in [6, 6.07) is 6.65. The third-order valence-corrected chi connectivity index (χ3v) is 6.21. The molecule has 0 aliphatic carbocycles. The summed E-state index contributed by atoms with van der Waals surface area (Å²) in [5.41, 5.74) is 3.07. The molecule has 0 aliphatic rings. The van der Waals surface area contributed by atoms with Crippen molar-refractivity contribution in [3.63, 3.8) is 0 Å². The van der Waals surface area contributed by atoms with Crippen LogP contribution in [0.2, 0.25) is 0 Å². The lowest BCUT2D eigenvalue weighted by molar-refractivity contribution is 0.606. The lowest BCUT2D eigenvalue weighted by Gasteiger charge is -2.06. The van der Waals surface area contributed by atoms with Crippen LogP contribution in [-0.2, 0) is 12.8 Å². The highest BCUT2D eigenvalue weighted by Crippen LogP contribution is 2.36. The normalized spacial score (nSPS) is 11.7. The molecular weight excluding hydrogens is 366 g/mol. The second-order valence-corrected chi connectivity index (χ2v) is 9.47. The molecule has 0 nitrogen and oxygen atoms in total. The Balaban J connectivity index is 1.91. The second kappa shape index (κ2) is 8.01. The van der Waals surface area contributed by atoms with Gasteiger partial charge >= 0.3 is 0 Å². The van der Waals surface area contributed by atoms with Crippen molar-refractivity contribution >= 4 is 22.7 Å². The highest BCUT2D eigenvalue weighted by atomic mass is 32.1. The fraction of sp³-hybridized carbons (Fsp3) is 0.364. The van der Waals surface area contributed by atoms with Gasteiger partial charge in [-0.25, -0.2) is 8.78 Å². The summed E-state index contributed by atoms with van der Waals surface area (Å²) < 4.78 is 29.5. The SMILES string of the molecule is CC(C)Cc1csc(-c2cc(F)c(-c3cc(CC(C)C)cs3)cc2F)c1. The Kier molecular flexibility index (Phi) is 5.93. The Hall–Kier alpha value is -1.52. The molecule has 0 fully saturated rings. The molecule has 2 heterocycles. The lowest BCUT2D eigenvalue weighted by Crippen LogP contribution is -1.92. The highest BCUT2D eigenvalue weighted by Gasteiger charge is 2.16. The Morgan fingerprint density at radius 1 is 0.692 bits per heavy atom. The van der Waals surface area contributed by atoms with E-state index in [4.69, 9.17) is 0 Å². The van der Waals surface area contributed by atoms with Crippen LogP contribution in [0.4, 0.5) is 8.78 Å². The average molecular weight is 391 g/mol. The van der Waals surface area contributed by atoms with Crippen molar-refractivity contribution in [2.24, 2.45) is 11.8 Å². The van der Waals surface area contributed by atoms with E-state index >= 15 is 0 Å². The first-order chi connectivity index (χ1) is 12.3. The molecule has 0 amide bonds. The van der Waals surface area contributed by atoms with Gasteiger partial charge in [-0.3, -0.25) is 0 Å². The van der Waals surface area contributed by atoms with Crippen LogP contribution in [0.25, 0.3) is 20.9 Å². The molecule has 0 radical (unpaired) electrons. The molecule has 0 bridgehead atoms. The minimum atomic E-state index is -0.363. The van der Waals surface area contributed by atoms with Gasteiger partial charge in [-0.15, -0.1) is 22.7 Å². The largest absolute Gasteiger partial charge is 0.206 e. The third-order valence-electron chi connectivity index (χ3n) is 4.18. The quantitative estimate of drug-likeness (QED) is 0.402. The van der Waals surface area contributed by atoms with Crippen LogP contribution in [0.5, 0.6) is 0 Å². The maximum Gasteiger partial charge on any atom is 0.132 e. The van der Waals surface area contributed by atoms with Crippen molar-refractivity contribution in [1.29, 1.82) is 0 Å². The van der Waals surface area contributed by atoms with Crippen LogP contribution in [0.15, 0.2) is 35.0 Å². The Morgan fingerprint density at radius 2 is 1.08 bits per heavy atom. The molecule has 26 heavy (non-hydrogen) atoms. The predicted molar refractivity (Wildman–Crippen MR) is 110 cm³/mol. The zero-order chi connectivity index (χ0) is 18.8. The summed E-state index contributed by atoms with van der Waals surface area (Å²) in [5, 5.41) is 4.08. The van der Waals surface area contributed by atoms with Gasteiger partial charge in [0.05, 0.1) is 0 Å². The van der Waals surface area contributed by atoms with E-state index in [9.17, 15) is 8.78 Å². The molecule has 0 saturated carbocycles. The lowest BCUT2D eigenvalue weighted by atomic mass is 10.0. The molecule has 3 rings (SSSR count). The number of benzene rings is 1. The van der Waals surface area contributed by atoms with E-state index in [1.54, 1.807) is 0 Å². The molecule has 1 aromatic carbocycles. The smallest absolute Gasteiger partial charge is 0.132 e. The third kappa shape index (κ3) is 4.41. The summed E-state index contributed by atoms with van der Waals surface area (Å²) in [7, 11) is 0. The van der Waals surface area contributed by atoms with E-state index in [0.29, 0.717) is 23.0 Å². The number of hydrogen-bond donors (Lipinski definition) is 0. The molecule has 3 aromatic rings. The minimum Gasteiger partial charge on any atom is -0.206 e. The molecule has 0 N–H and O–H groups in total. The van der Waals surface area contributed by atoms with E-state index in [0.717, 1.165) is 22.6 Å². The molecule has 0 saturated heterocycles. The van der Waals surface area contributed by atoms with Crippen molar-refractivity contribution in [2.75, 3.05) is 0 Å². The van der Waals surface area contributed by atoms with E-state index < -0.39 is 0 Å². The maximum absolute atomic E-state index is 14.7. The molecule has 0 atom stereocenters. The molecular formula is C22H24F2S2. The molecule has 138 valence electrons. The van der Waals surface area contributed by atoms with E-state index in [1.807, 2.05) is 22.9 Å². The monoisotopic (exact) mass is 390 g/mol. The van der Waals surface area contributed by atoms with Gasteiger partial charge in [0.1, 0.15) is 11.6 Å². The van der Waals surface area contributed by atoms with Crippen LogP contribution >= 0.6 is 22.7 Å². The van der Waals surface area contributed by atoms with Crippen molar-refractivity contribution in [2.45, 2.75) is 40.5 Å². The van der Waals surface area contributed by atoms with Crippen molar-refractivity contribution < 1.29 is 8.78 Å². The first-order valence-corrected chi connectivity index (χ1v) is 10.7. The zero-order valence-corrected chi connectivity index (χ0v) is 17.2. The second-order valence-electron chi connectivity index (χ2n) is 7.65. The summed E-state index contributed by atoms with van der Waals surface area (Å²) >= 11 is 2.95. The van der Waals surface area contributed by atoms with E-state index in [1.165, 1.54) is 45.9 Å². The van der Waals surface area contributed by atoms with Gasteiger partial charge in [-0.2, -0.15) is 0 Å². The summed E-state index contributed by atoms with van der Waals surface area (Å²) in [4.78, 5) is 1.57. The zero-order valence-electron chi connectivity index (χ0n) is 15.6. The first kappa shape index (κ1) is 19.2. The number of halogens is 2. The summed E-state index contributed by atoms with van der Waals surface area (Å²) in [6.07, 6.45) is 1.90. The van der Waals surface area contributed by atoms with Crippen molar-refractivity contribution in [3.05, 3.63) is 57.8 Å². The Bertz CT molecular complexity index is 813.